The number of benzene rings is 1. The van der Waals surface area contributed by atoms with Crippen LogP contribution in [0, 0.1) is 11.7 Å². The van der Waals surface area contributed by atoms with Gasteiger partial charge >= 0.3 is 5.97 Å². The third-order valence-electron chi connectivity index (χ3n) is 3.94. The van der Waals surface area contributed by atoms with Gasteiger partial charge in [-0.2, -0.15) is 0 Å². The molecule has 0 spiro atoms. The minimum absolute atomic E-state index is 0.177. The number of nitrogens with one attached hydrogen (secondary N) is 1. The fourth-order valence-corrected chi connectivity index (χ4v) is 3.32. The number of carbonyl (C=O) groups is 1. The van der Waals surface area contributed by atoms with E-state index in [0.29, 0.717) is 31.0 Å². The molecule has 2 rings (SSSR count). The number of rotatable bonds is 5. The molecular weight excluding hydrogens is 277 g/mol. The molecular formula is C15H20FNO2S. The topological polar surface area (TPSA) is 49.3 Å². The van der Waals surface area contributed by atoms with Gasteiger partial charge in [0.2, 0.25) is 0 Å². The van der Waals surface area contributed by atoms with Crippen LogP contribution in [0.2, 0.25) is 0 Å². The minimum Gasteiger partial charge on any atom is -0.481 e. The summed E-state index contributed by atoms with van der Waals surface area (Å²) in [6.45, 7) is 0.505. The van der Waals surface area contributed by atoms with Crippen molar-refractivity contribution in [1.82, 2.24) is 5.32 Å². The first-order valence-corrected chi connectivity index (χ1v) is 8.12. The zero-order chi connectivity index (χ0) is 14.5. The molecule has 0 aliphatic heterocycles. The van der Waals surface area contributed by atoms with Crippen LogP contribution in [0.5, 0.6) is 0 Å². The summed E-state index contributed by atoms with van der Waals surface area (Å²) in [4.78, 5) is 11.9. The summed E-state index contributed by atoms with van der Waals surface area (Å²) < 4.78 is 13.8. The second-order valence-corrected chi connectivity index (χ2v) is 6.04. The van der Waals surface area contributed by atoms with Crippen LogP contribution in [0.1, 0.15) is 31.2 Å². The summed E-state index contributed by atoms with van der Waals surface area (Å²) in [5, 5.41) is 12.3. The SMILES string of the molecule is CSc1cccc(F)c1CNC1CCC(C(=O)O)CC1. The molecule has 0 unspecified atom stereocenters. The third kappa shape index (κ3) is 3.73. The van der Waals surface area contributed by atoms with Gasteiger partial charge in [-0.25, -0.2) is 4.39 Å². The van der Waals surface area contributed by atoms with E-state index >= 15 is 0 Å². The molecule has 1 aliphatic carbocycles. The van der Waals surface area contributed by atoms with Crippen LogP contribution in [0.3, 0.4) is 0 Å². The van der Waals surface area contributed by atoms with Crippen molar-refractivity contribution in [2.24, 2.45) is 5.92 Å². The minimum atomic E-state index is -0.692. The summed E-state index contributed by atoms with van der Waals surface area (Å²) in [6, 6.07) is 5.42. The summed E-state index contributed by atoms with van der Waals surface area (Å²) in [7, 11) is 0. The Labute approximate surface area is 123 Å². The summed E-state index contributed by atoms with van der Waals surface area (Å²) in [5.74, 6) is -1.07. The maximum atomic E-state index is 13.8. The van der Waals surface area contributed by atoms with E-state index in [9.17, 15) is 9.18 Å². The van der Waals surface area contributed by atoms with Gasteiger partial charge in [-0.3, -0.25) is 4.79 Å². The summed E-state index contributed by atoms with van der Waals surface area (Å²) >= 11 is 1.54. The van der Waals surface area contributed by atoms with Gasteiger partial charge in [-0.05, 0) is 44.1 Å². The first-order valence-electron chi connectivity index (χ1n) is 6.89. The molecule has 0 heterocycles. The molecule has 0 saturated heterocycles. The van der Waals surface area contributed by atoms with Crippen LogP contribution in [0.15, 0.2) is 23.1 Å². The Hall–Kier alpha value is -1.07. The van der Waals surface area contributed by atoms with Crippen LogP contribution < -0.4 is 5.32 Å². The van der Waals surface area contributed by atoms with Crippen molar-refractivity contribution in [3.05, 3.63) is 29.6 Å². The van der Waals surface area contributed by atoms with E-state index in [1.807, 2.05) is 12.3 Å². The Morgan fingerprint density at radius 3 is 2.70 bits per heavy atom. The van der Waals surface area contributed by atoms with Gasteiger partial charge in [-0.15, -0.1) is 11.8 Å². The number of carboxylic acids is 1. The molecule has 20 heavy (non-hydrogen) atoms. The lowest BCUT2D eigenvalue weighted by molar-refractivity contribution is -0.142. The van der Waals surface area contributed by atoms with Crippen molar-refractivity contribution >= 4 is 17.7 Å². The van der Waals surface area contributed by atoms with Crippen molar-refractivity contribution in [2.75, 3.05) is 6.26 Å². The quantitative estimate of drug-likeness (QED) is 0.819. The van der Waals surface area contributed by atoms with Gasteiger partial charge in [0.1, 0.15) is 5.82 Å². The third-order valence-corrected chi connectivity index (χ3v) is 4.76. The number of thioether (sulfide) groups is 1. The van der Waals surface area contributed by atoms with Crippen LogP contribution >= 0.6 is 11.8 Å². The van der Waals surface area contributed by atoms with E-state index < -0.39 is 5.97 Å². The van der Waals surface area contributed by atoms with E-state index in [-0.39, 0.29) is 11.7 Å². The van der Waals surface area contributed by atoms with E-state index in [4.69, 9.17) is 5.11 Å². The zero-order valence-corrected chi connectivity index (χ0v) is 12.4. The van der Waals surface area contributed by atoms with E-state index in [0.717, 1.165) is 17.7 Å². The molecule has 0 aromatic heterocycles. The Morgan fingerprint density at radius 2 is 2.10 bits per heavy atom. The maximum Gasteiger partial charge on any atom is 0.306 e. The standard InChI is InChI=1S/C15H20FNO2S/c1-20-14-4-2-3-13(16)12(14)9-17-11-7-5-10(6-8-11)15(18)19/h2-4,10-11,17H,5-9H2,1H3,(H,18,19). The van der Waals surface area contributed by atoms with Crippen molar-refractivity contribution in [1.29, 1.82) is 0 Å². The summed E-state index contributed by atoms with van der Waals surface area (Å²) in [6.07, 6.45) is 5.05. The number of hydrogen-bond donors (Lipinski definition) is 2. The highest BCUT2D eigenvalue weighted by Gasteiger charge is 2.25. The molecule has 3 nitrogen and oxygen atoms in total. The largest absolute Gasteiger partial charge is 0.481 e. The summed E-state index contributed by atoms with van der Waals surface area (Å²) in [5.41, 5.74) is 0.709. The first-order chi connectivity index (χ1) is 9.61. The Morgan fingerprint density at radius 1 is 1.40 bits per heavy atom. The second-order valence-electron chi connectivity index (χ2n) is 5.19. The molecule has 0 bridgehead atoms. The molecule has 1 aromatic carbocycles. The molecule has 5 heteroatoms. The molecule has 1 aliphatic rings. The van der Waals surface area contributed by atoms with E-state index in [2.05, 4.69) is 5.32 Å². The maximum absolute atomic E-state index is 13.8. The highest BCUT2D eigenvalue weighted by molar-refractivity contribution is 7.98. The molecule has 0 radical (unpaired) electrons. The Bertz CT molecular complexity index is 473. The van der Waals surface area contributed by atoms with Crippen molar-refractivity contribution in [3.8, 4) is 0 Å². The monoisotopic (exact) mass is 297 g/mol. The Balaban J connectivity index is 1.89. The van der Waals surface area contributed by atoms with Gasteiger partial charge in [0.15, 0.2) is 0 Å². The fraction of sp³-hybridized carbons (Fsp3) is 0.533. The van der Waals surface area contributed by atoms with Crippen LogP contribution in [-0.2, 0) is 11.3 Å². The average Bonchev–Trinajstić information content (AvgIpc) is 2.46. The smallest absolute Gasteiger partial charge is 0.306 e. The van der Waals surface area contributed by atoms with E-state index in [1.165, 1.54) is 6.07 Å². The predicted molar refractivity (Wildman–Crippen MR) is 78.4 cm³/mol. The number of halogens is 1. The van der Waals surface area contributed by atoms with Gasteiger partial charge in [-0.1, -0.05) is 6.07 Å². The van der Waals surface area contributed by atoms with E-state index in [1.54, 1.807) is 17.8 Å². The molecule has 1 saturated carbocycles. The van der Waals surface area contributed by atoms with Crippen LogP contribution in [0.25, 0.3) is 0 Å². The molecule has 110 valence electrons. The first kappa shape index (κ1) is 15.3. The molecule has 1 aromatic rings. The predicted octanol–water partition coefficient (Wildman–Crippen LogP) is 3.28. The molecule has 0 amide bonds. The number of hydrogen-bond acceptors (Lipinski definition) is 3. The van der Waals surface area contributed by atoms with Gasteiger partial charge in [0.25, 0.3) is 0 Å². The highest BCUT2D eigenvalue weighted by Crippen LogP contribution is 2.26. The normalized spacial score (nSPS) is 22.7. The second kappa shape index (κ2) is 7.09. The molecule has 1 fully saturated rings. The van der Waals surface area contributed by atoms with Crippen LogP contribution in [-0.4, -0.2) is 23.4 Å². The van der Waals surface area contributed by atoms with Crippen LogP contribution in [0.4, 0.5) is 4.39 Å². The lowest BCUT2D eigenvalue weighted by atomic mass is 9.86. The lowest BCUT2D eigenvalue weighted by Gasteiger charge is -2.27. The zero-order valence-electron chi connectivity index (χ0n) is 11.6. The lowest BCUT2D eigenvalue weighted by Crippen LogP contribution is -2.34. The van der Waals surface area contributed by atoms with Crippen molar-refractivity contribution in [2.45, 2.75) is 43.2 Å². The number of aliphatic carboxylic acids is 1. The van der Waals surface area contributed by atoms with Crippen molar-refractivity contribution < 1.29 is 14.3 Å². The van der Waals surface area contributed by atoms with Crippen molar-refractivity contribution in [3.63, 3.8) is 0 Å². The highest BCUT2D eigenvalue weighted by atomic mass is 32.2. The molecule has 2 N–H and O–H groups in total. The average molecular weight is 297 g/mol. The Kier molecular flexibility index (Phi) is 5.43. The van der Waals surface area contributed by atoms with Gasteiger partial charge < -0.3 is 10.4 Å². The number of carboxylic acid groups (broad SMARTS) is 1. The van der Waals surface area contributed by atoms with Gasteiger partial charge in [0.05, 0.1) is 5.92 Å². The van der Waals surface area contributed by atoms with Gasteiger partial charge in [0, 0.05) is 23.0 Å². The fourth-order valence-electron chi connectivity index (χ4n) is 2.69. The molecule has 0 atom stereocenters.